The number of halogens is 1. The fourth-order valence-electron chi connectivity index (χ4n) is 1.16. The van der Waals surface area contributed by atoms with Crippen LogP contribution < -0.4 is 19.3 Å². The zero-order valence-corrected chi connectivity index (χ0v) is 11.6. The topological polar surface area (TPSA) is 52.6 Å². The standard InChI is InChI=1S/C11H14IO4/c1-9(13)15-12(3,16-10(2)14)11-7-5-4-6-8-11/h4-8H,1-3H3/q-1. The molecule has 0 aliphatic rings. The Morgan fingerprint density at radius 1 is 1.00 bits per heavy atom. The molecule has 0 heterocycles. The quantitative estimate of drug-likeness (QED) is 0.503. The van der Waals surface area contributed by atoms with E-state index in [-0.39, 0.29) is 0 Å². The molecule has 0 saturated carbocycles. The van der Waals surface area contributed by atoms with Crippen molar-refractivity contribution in [2.24, 2.45) is 0 Å². The molecule has 1 rings (SSSR count). The molecule has 0 atom stereocenters. The van der Waals surface area contributed by atoms with Gasteiger partial charge in [0.05, 0.1) is 0 Å². The summed E-state index contributed by atoms with van der Waals surface area (Å²) in [6.07, 6.45) is 0. The van der Waals surface area contributed by atoms with Gasteiger partial charge in [-0.15, -0.1) is 0 Å². The van der Waals surface area contributed by atoms with Crippen molar-refractivity contribution >= 4 is 11.9 Å². The van der Waals surface area contributed by atoms with E-state index >= 15 is 0 Å². The monoisotopic (exact) mass is 337 g/mol. The molecule has 0 spiro atoms. The van der Waals surface area contributed by atoms with E-state index in [0.717, 1.165) is 3.57 Å². The van der Waals surface area contributed by atoms with Crippen LogP contribution in [-0.2, 0) is 15.7 Å². The fraction of sp³-hybridized carbons (Fsp3) is 0.273. The van der Waals surface area contributed by atoms with Crippen molar-refractivity contribution in [2.75, 3.05) is 4.93 Å². The number of benzene rings is 1. The number of carbonyl (C=O) groups excluding carboxylic acids is 2. The molecule has 0 unspecified atom stereocenters. The minimum absolute atomic E-state index is 0.427. The van der Waals surface area contributed by atoms with Gasteiger partial charge in [-0.05, 0) is 0 Å². The van der Waals surface area contributed by atoms with Crippen LogP contribution in [0.25, 0.3) is 0 Å². The van der Waals surface area contributed by atoms with E-state index in [1.165, 1.54) is 13.8 Å². The van der Waals surface area contributed by atoms with Crippen molar-refractivity contribution in [1.29, 1.82) is 0 Å². The zero-order valence-electron chi connectivity index (χ0n) is 9.40. The number of carbonyl (C=O) groups is 2. The van der Waals surface area contributed by atoms with E-state index in [0.29, 0.717) is 0 Å². The average Bonchev–Trinajstić information content (AvgIpc) is 2.16. The fourth-order valence-corrected chi connectivity index (χ4v) is 5.85. The van der Waals surface area contributed by atoms with Gasteiger partial charge in [0, 0.05) is 0 Å². The van der Waals surface area contributed by atoms with Gasteiger partial charge in [0.2, 0.25) is 0 Å². The maximum absolute atomic E-state index is 11.0. The number of hydrogen-bond acceptors (Lipinski definition) is 4. The van der Waals surface area contributed by atoms with Crippen LogP contribution in [0.15, 0.2) is 30.3 Å². The molecule has 0 bridgehead atoms. The van der Waals surface area contributed by atoms with Crippen LogP contribution >= 0.6 is 0 Å². The van der Waals surface area contributed by atoms with Gasteiger partial charge >= 0.3 is 99.6 Å². The van der Waals surface area contributed by atoms with Gasteiger partial charge < -0.3 is 0 Å². The summed E-state index contributed by atoms with van der Waals surface area (Å²) in [6, 6.07) is 9.12. The second-order valence-corrected chi connectivity index (χ2v) is 9.36. The van der Waals surface area contributed by atoms with Crippen molar-refractivity contribution in [2.45, 2.75) is 13.8 Å². The molecule has 0 amide bonds. The SMILES string of the molecule is CC(=O)O[I-](C)(OC(C)=O)c1ccccc1. The molecular formula is C11H14IO4-. The summed E-state index contributed by atoms with van der Waals surface area (Å²) in [5.74, 6) is -0.854. The van der Waals surface area contributed by atoms with Gasteiger partial charge in [0.15, 0.2) is 0 Å². The van der Waals surface area contributed by atoms with Crippen molar-refractivity contribution in [3.05, 3.63) is 33.9 Å². The molecule has 0 fully saturated rings. The first-order chi connectivity index (χ1) is 7.44. The summed E-state index contributed by atoms with van der Waals surface area (Å²) in [5.41, 5.74) is 0. The number of rotatable bonds is 3. The molecule has 1 aromatic rings. The molecule has 0 aromatic heterocycles. The Balaban J connectivity index is 3.04. The van der Waals surface area contributed by atoms with Crippen LogP contribution in [0, 0.1) is 3.57 Å². The van der Waals surface area contributed by atoms with Crippen LogP contribution in [0.2, 0.25) is 0 Å². The van der Waals surface area contributed by atoms with E-state index in [1.807, 2.05) is 30.3 Å². The van der Waals surface area contributed by atoms with Crippen molar-refractivity contribution in [1.82, 2.24) is 0 Å². The summed E-state index contributed by atoms with van der Waals surface area (Å²) in [5, 5.41) is 0. The van der Waals surface area contributed by atoms with Crippen molar-refractivity contribution < 1.29 is 35.0 Å². The van der Waals surface area contributed by atoms with Crippen LogP contribution in [0.1, 0.15) is 13.8 Å². The summed E-state index contributed by atoms with van der Waals surface area (Å²) < 4.78 is 11.3. The van der Waals surface area contributed by atoms with E-state index in [2.05, 4.69) is 0 Å². The first kappa shape index (κ1) is 13.0. The molecule has 1 aromatic carbocycles. The molecule has 0 N–H and O–H groups in total. The Labute approximate surface area is 99.5 Å². The molecule has 4 nitrogen and oxygen atoms in total. The predicted molar refractivity (Wildman–Crippen MR) is 54.6 cm³/mol. The second-order valence-electron chi connectivity index (χ2n) is 3.15. The first-order valence-electron chi connectivity index (χ1n) is 4.60. The Kier molecular flexibility index (Phi) is 4.28. The third kappa shape index (κ3) is 3.48. The summed E-state index contributed by atoms with van der Waals surface area (Å²) in [4.78, 5) is 23.8. The molecule has 5 heteroatoms. The van der Waals surface area contributed by atoms with E-state index < -0.39 is 31.2 Å². The van der Waals surface area contributed by atoms with Gasteiger partial charge in [-0.3, -0.25) is 0 Å². The third-order valence-electron chi connectivity index (χ3n) is 1.64. The maximum atomic E-state index is 11.0. The first-order valence-corrected chi connectivity index (χ1v) is 9.60. The molecule has 0 saturated heterocycles. The van der Waals surface area contributed by atoms with Gasteiger partial charge in [0.25, 0.3) is 0 Å². The number of alkyl halides is 1. The van der Waals surface area contributed by atoms with Crippen LogP contribution in [0.4, 0.5) is 0 Å². The molecule has 0 aliphatic heterocycles. The van der Waals surface area contributed by atoms with Crippen LogP contribution in [-0.4, -0.2) is 16.9 Å². The summed E-state index contributed by atoms with van der Waals surface area (Å²) >= 11 is -3.42. The molecule has 0 radical (unpaired) electrons. The van der Waals surface area contributed by atoms with Gasteiger partial charge in [-0.25, -0.2) is 0 Å². The van der Waals surface area contributed by atoms with Gasteiger partial charge in [-0.1, -0.05) is 0 Å². The predicted octanol–water partition coefficient (Wildman–Crippen LogP) is -1.40. The Hall–Kier alpha value is -1.11. The Bertz CT molecular complexity index is 372. The van der Waals surface area contributed by atoms with Crippen molar-refractivity contribution in [3.63, 3.8) is 0 Å². The minimum atomic E-state index is -3.42. The van der Waals surface area contributed by atoms with Crippen LogP contribution in [0.5, 0.6) is 0 Å². The summed E-state index contributed by atoms with van der Waals surface area (Å²) in [6.45, 7) is 2.63. The zero-order chi connectivity index (χ0) is 12.2. The second kappa shape index (κ2) is 5.29. The third-order valence-corrected chi connectivity index (χ3v) is 7.54. The normalized spacial score (nSPS) is 11.7. The average molecular weight is 337 g/mol. The summed E-state index contributed by atoms with van der Waals surface area (Å²) in [7, 11) is 0. The van der Waals surface area contributed by atoms with E-state index in [9.17, 15) is 9.59 Å². The van der Waals surface area contributed by atoms with E-state index in [1.54, 1.807) is 4.93 Å². The number of hydrogen-bond donors (Lipinski definition) is 0. The Morgan fingerprint density at radius 2 is 1.44 bits per heavy atom. The Morgan fingerprint density at radius 3 is 1.81 bits per heavy atom. The van der Waals surface area contributed by atoms with Crippen molar-refractivity contribution in [3.8, 4) is 0 Å². The molecule has 90 valence electrons. The van der Waals surface area contributed by atoms with E-state index in [4.69, 9.17) is 6.13 Å². The van der Waals surface area contributed by atoms with Gasteiger partial charge in [-0.2, -0.15) is 0 Å². The molecule has 0 aliphatic carbocycles. The molecular weight excluding hydrogens is 323 g/mol. The van der Waals surface area contributed by atoms with Gasteiger partial charge in [0.1, 0.15) is 0 Å². The van der Waals surface area contributed by atoms with Crippen LogP contribution in [0.3, 0.4) is 0 Å². The molecule has 16 heavy (non-hydrogen) atoms.